The molecule has 2 amide bonds. The van der Waals surface area contributed by atoms with Crippen LogP contribution in [0.4, 0.5) is 0 Å². The number of nitrogens with one attached hydrogen (secondary N) is 1. The van der Waals surface area contributed by atoms with Gasteiger partial charge in [-0.1, -0.05) is 18.2 Å². The zero-order valence-corrected chi connectivity index (χ0v) is 12.4. The SMILES string of the molecule is O=C(Cc1ccccc1C(=O)O)NCC(=O)N1CCCCC1. The lowest BCUT2D eigenvalue weighted by Gasteiger charge is -2.26. The Kier molecular flexibility index (Phi) is 5.52. The van der Waals surface area contributed by atoms with E-state index in [1.807, 2.05) is 0 Å². The molecule has 2 rings (SSSR count). The van der Waals surface area contributed by atoms with E-state index in [0.717, 1.165) is 32.4 Å². The van der Waals surface area contributed by atoms with E-state index in [1.54, 1.807) is 23.1 Å². The van der Waals surface area contributed by atoms with Gasteiger partial charge >= 0.3 is 5.97 Å². The van der Waals surface area contributed by atoms with Crippen LogP contribution in [0.2, 0.25) is 0 Å². The first-order valence-corrected chi connectivity index (χ1v) is 7.43. The van der Waals surface area contributed by atoms with Crippen LogP contribution in [-0.2, 0) is 16.0 Å². The molecule has 22 heavy (non-hydrogen) atoms. The van der Waals surface area contributed by atoms with E-state index in [0.29, 0.717) is 5.56 Å². The molecule has 0 spiro atoms. The summed E-state index contributed by atoms with van der Waals surface area (Å²) in [6.45, 7) is 1.46. The summed E-state index contributed by atoms with van der Waals surface area (Å²) in [5.41, 5.74) is 0.554. The van der Waals surface area contributed by atoms with Crippen molar-refractivity contribution in [3.8, 4) is 0 Å². The number of nitrogens with zero attached hydrogens (tertiary/aromatic N) is 1. The van der Waals surface area contributed by atoms with E-state index in [4.69, 9.17) is 5.11 Å². The number of carbonyl (C=O) groups excluding carboxylic acids is 2. The molecule has 6 heteroatoms. The highest BCUT2D eigenvalue weighted by Crippen LogP contribution is 2.10. The second-order valence-corrected chi connectivity index (χ2v) is 5.36. The fraction of sp³-hybridized carbons (Fsp3) is 0.438. The second-order valence-electron chi connectivity index (χ2n) is 5.36. The Labute approximate surface area is 129 Å². The largest absolute Gasteiger partial charge is 0.478 e. The average Bonchev–Trinajstić information content (AvgIpc) is 2.53. The van der Waals surface area contributed by atoms with Crippen LogP contribution in [0.25, 0.3) is 0 Å². The summed E-state index contributed by atoms with van der Waals surface area (Å²) in [7, 11) is 0. The molecule has 1 heterocycles. The molecule has 118 valence electrons. The van der Waals surface area contributed by atoms with Gasteiger partial charge in [0.25, 0.3) is 0 Å². The number of carbonyl (C=O) groups is 3. The molecule has 1 aromatic rings. The molecular formula is C16H20N2O4. The molecule has 6 nitrogen and oxygen atoms in total. The number of aromatic carboxylic acids is 1. The minimum atomic E-state index is -1.06. The number of rotatable bonds is 5. The van der Waals surface area contributed by atoms with Crippen LogP contribution in [0.1, 0.15) is 35.2 Å². The zero-order valence-electron chi connectivity index (χ0n) is 12.4. The summed E-state index contributed by atoms with van der Waals surface area (Å²) in [5, 5.41) is 11.6. The number of piperidine rings is 1. The second kappa shape index (κ2) is 7.59. The fourth-order valence-corrected chi connectivity index (χ4v) is 2.55. The van der Waals surface area contributed by atoms with Crippen LogP contribution in [-0.4, -0.2) is 47.4 Å². The van der Waals surface area contributed by atoms with Gasteiger partial charge in [-0.3, -0.25) is 9.59 Å². The third-order valence-electron chi connectivity index (χ3n) is 3.74. The van der Waals surface area contributed by atoms with Crippen molar-refractivity contribution < 1.29 is 19.5 Å². The van der Waals surface area contributed by atoms with Gasteiger partial charge in [-0.05, 0) is 30.9 Å². The van der Waals surface area contributed by atoms with E-state index in [9.17, 15) is 14.4 Å². The van der Waals surface area contributed by atoms with Gasteiger partial charge in [0.15, 0.2) is 0 Å². The van der Waals surface area contributed by atoms with Gasteiger partial charge in [0.2, 0.25) is 11.8 Å². The predicted molar refractivity (Wildman–Crippen MR) is 80.5 cm³/mol. The Hall–Kier alpha value is -2.37. The molecule has 1 aliphatic heterocycles. The van der Waals surface area contributed by atoms with Crippen molar-refractivity contribution in [3.63, 3.8) is 0 Å². The van der Waals surface area contributed by atoms with Gasteiger partial charge in [-0.25, -0.2) is 4.79 Å². The highest BCUT2D eigenvalue weighted by Gasteiger charge is 2.17. The van der Waals surface area contributed by atoms with E-state index in [1.165, 1.54) is 6.07 Å². The van der Waals surface area contributed by atoms with Gasteiger partial charge < -0.3 is 15.3 Å². The van der Waals surface area contributed by atoms with Crippen molar-refractivity contribution in [2.75, 3.05) is 19.6 Å². The van der Waals surface area contributed by atoms with Crippen LogP contribution in [0, 0.1) is 0 Å². The highest BCUT2D eigenvalue weighted by molar-refractivity contribution is 5.92. The molecule has 1 fully saturated rings. The van der Waals surface area contributed by atoms with Gasteiger partial charge in [-0.2, -0.15) is 0 Å². The fourth-order valence-electron chi connectivity index (χ4n) is 2.55. The smallest absolute Gasteiger partial charge is 0.335 e. The average molecular weight is 304 g/mol. The molecule has 0 atom stereocenters. The van der Waals surface area contributed by atoms with E-state index in [-0.39, 0.29) is 30.3 Å². The van der Waals surface area contributed by atoms with Crippen molar-refractivity contribution in [3.05, 3.63) is 35.4 Å². The first kappa shape index (κ1) is 16.0. The number of amides is 2. The zero-order chi connectivity index (χ0) is 15.9. The van der Waals surface area contributed by atoms with Gasteiger partial charge in [-0.15, -0.1) is 0 Å². The minimum Gasteiger partial charge on any atom is -0.478 e. The van der Waals surface area contributed by atoms with Gasteiger partial charge in [0.1, 0.15) is 0 Å². The summed E-state index contributed by atoms with van der Waals surface area (Å²) in [6, 6.07) is 6.37. The van der Waals surface area contributed by atoms with E-state index < -0.39 is 5.97 Å². The van der Waals surface area contributed by atoms with Crippen LogP contribution in [0.15, 0.2) is 24.3 Å². The molecule has 0 aliphatic carbocycles. The first-order valence-electron chi connectivity index (χ1n) is 7.43. The number of hydrogen-bond acceptors (Lipinski definition) is 3. The van der Waals surface area contributed by atoms with Crippen molar-refractivity contribution in [2.45, 2.75) is 25.7 Å². The number of carboxylic acid groups (broad SMARTS) is 1. The lowest BCUT2D eigenvalue weighted by atomic mass is 10.0. The lowest BCUT2D eigenvalue weighted by molar-refractivity contribution is -0.133. The van der Waals surface area contributed by atoms with Crippen molar-refractivity contribution in [1.82, 2.24) is 10.2 Å². The lowest BCUT2D eigenvalue weighted by Crippen LogP contribution is -2.42. The molecule has 0 unspecified atom stereocenters. The monoisotopic (exact) mass is 304 g/mol. The summed E-state index contributed by atoms with van der Waals surface area (Å²) in [4.78, 5) is 36.7. The first-order chi connectivity index (χ1) is 10.6. The normalized spacial score (nSPS) is 14.5. The Balaban J connectivity index is 1.85. The van der Waals surface area contributed by atoms with Crippen LogP contribution >= 0.6 is 0 Å². The maximum absolute atomic E-state index is 11.9. The molecule has 0 bridgehead atoms. The van der Waals surface area contributed by atoms with E-state index >= 15 is 0 Å². The Morgan fingerprint density at radius 3 is 2.45 bits per heavy atom. The molecule has 1 saturated heterocycles. The molecular weight excluding hydrogens is 284 g/mol. The predicted octanol–water partition coefficient (Wildman–Crippen LogP) is 1.06. The minimum absolute atomic E-state index is 0.0337. The number of carboxylic acids is 1. The third-order valence-corrected chi connectivity index (χ3v) is 3.74. The maximum Gasteiger partial charge on any atom is 0.335 e. The van der Waals surface area contributed by atoms with Crippen molar-refractivity contribution >= 4 is 17.8 Å². The Bertz CT molecular complexity index is 565. The summed E-state index contributed by atoms with van der Waals surface area (Å²) < 4.78 is 0. The topological polar surface area (TPSA) is 86.7 Å². The Morgan fingerprint density at radius 1 is 1.09 bits per heavy atom. The van der Waals surface area contributed by atoms with Crippen LogP contribution < -0.4 is 5.32 Å². The molecule has 2 N–H and O–H groups in total. The van der Waals surface area contributed by atoms with Gasteiger partial charge in [0.05, 0.1) is 18.5 Å². The van der Waals surface area contributed by atoms with Crippen LogP contribution in [0.5, 0.6) is 0 Å². The van der Waals surface area contributed by atoms with Crippen molar-refractivity contribution in [2.24, 2.45) is 0 Å². The summed E-state index contributed by atoms with van der Waals surface area (Å²) in [5.74, 6) is -1.49. The number of hydrogen-bond donors (Lipinski definition) is 2. The number of benzene rings is 1. The maximum atomic E-state index is 11.9. The number of likely N-dealkylation sites (tertiary alicyclic amines) is 1. The van der Waals surface area contributed by atoms with Gasteiger partial charge in [0, 0.05) is 13.1 Å². The van der Waals surface area contributed by atoms with Crippen molar-refractivity contribution in [1.29, 1.82) is 0 Å². The quantitative estimate of drug-likeness (QED) is 0.851. The molecule has 1 aliphatic rings. The molecule has 1 aromatic carbocycles. The third kappa shape index (κ3) is 4.31. The van der Waals surface area contributed by atoms with E-state index in [2.05, 4.69) is 5.32 Å². The van der Waals surface area contributed by atoms with Crippen LogP contribution in [0.3, 0.4) is 0 Å². The summed E-state index contributed by atoms with van der Waals surface area (Å²) >= 11 is 0. The molecule has 0 aromatic heterocycles. The summed E-state index contributed by atoms with van der Waals surface area (Å²) in [6.07, 6.45) is 3.11. The Morgan fingerprint density at radius 2 is 1.77 bits per heavy atom. The highest BCUT2D eigenvalue weighted by atomic mass is 16.4. The standard InChI is InChI=1S/C16H20N2O4/c19-14(10-12-6-2-3-7-13(12)16(21)22)17-11-15(20)18-8-4-1-5-9-18/h2-3,6-7H,1,4-5,8-11H2,(H,17,19)(H,21,22). The molecule has 0 saturated carbocycles. The molecule has 0 radical (unpaired) electrons.